The first-order chi connectivity index (χ1) is 14.0. The summed E-state index contributed by atoms with van der Waals surface area (Å²) in [6.07, 6.45) is 5.79. The van der Waals surface area contributed by atoms with Crippen molar-refractivity contribution in [3.05, 3.63) is 44.0 Å². The molecule has 0 fully saturated rings. The summed E-state index contributed by atoms with van der Waals surface area (Å²) in [5.41, 5.74) is 2.44. The molecule has 0 radical (unpaired) electrons. The predicted octanol–water partition coefficient (Wildman–Crippen LogP) is 4.57. The standard InChI is InChI=1S/C21H26N2O4S2/c1-5-12-23-13(4)17(20(25)27-7-3)29-21(23)22-18-16(19(24)26-6-2)14-10-8-9-11-15(14)28-18/h5H,1,6-12H2,2-4H3. The minimum absolute atomic E-state index is 0.314. The maximum Gasteiger partial charge on any atom is 0.350 e. The lowest BCUT2D eigenvalue weighted by Crippen LogP contribution is -2.15. The summed E-state index contributed by atoms with van der Waals surface area (Å²) in [5, 5.41) is 0.657. The summed E-state index contributed by atoms with van der Waals surface area (Å²) < 4.78 is 12.4. The number of fused-ring (bicyclic) bond motifs is 1. The summed E-state index contributed by atoms with van der Waals surface area (Å²) in [6.45, 7) is 10.4. The van der Waals surface area contributed by atoms with Crippen LogP contribution in [0.1, 0.15) is 62.9 Å². The monoisotopic (exact) mass is 434 g/mol. The molecular formula is C21H26N2O4S2. The number of thiophene rings is 1. The van der Waals surface area contributed by atoms with Gasteiger partial charge in [0.1, 0.15) is 9.88 Å². The third kappa shape index (κ3) is 4.38. The van der Waals surface area contributed by atoms with Crippen LogP contribution in [-0.4, -0.2) is 29.7 Å². The Morgan fingerprint density at radius 3 is 2.52 bits per heavy atom. The molecule has 8 heteroatoms. The number of hydrogen-bond acceptors (Lipinski definition) is 7. The molecule has 3 rings (SSSR count). The molecule has 0 saturated carbocycles. The van der Waals surface area contributed by atoms with E-state index in [1.165, 1.54) is 16.2 Å². The van der Waals surface area contributed by atoms with Crippen molar-refractivity contribution in [1.29, 1.82) is 0 Å². The lowest BCUT2D eigenvalue weighted by molar-refractivity contribution is 0.0518. The van der Waals surface area contributed by atoms with Crippen molar-refractivity contribution in [3.63, 3.8) is 0 Å². The number of aryl methyl sites for hydroxylation is 1. The summed E-state index contributed by atoms with van der Waals surface area (Å²) in [6, 6.07) is 0. The Bertz CT molecular complexity index is 997. The Kier molecular flexibility index (Phi) is 7.08. The Balaban J connectivity index is 2.18. The zero-order valence-electron chi connectivity index (χ0n) is 17.1. The van der Waals surface area contributed by atoms with Gasteiger partial charge >= 0.3 is 11.9 Å². The fourth-order valence-electron chi connectivity index (χ4n) is 3.43. The van der Waals surface area contributed by atoms with Crippen molar-refractivity contribution in [3.8, 4) is 0 Å². The molecule has 0 amide bonds. The smallest absolute Gasteiger partial charge is 0.350 e. The van der Waals surface area contributed by atoms with Crippen molar-refractivity contribution < 1.29 is 19.1 Å². The Morgan fingerprint density at radius 2 is 1.83 bits per heavy atom. The van der Waals surface area contributed by atoms with Gasteiger partial charge in [-0.05, 0) is 52.0 Å². The second kappa shape index (κ2) is 9.54. The third-order valence-electron chi connectivity index (χ3n) is 4.76. The first kappa shape index (κ1) is 21.5. The van der Waals surface area contributed by atoms with Crippen LogP contribution in [0.5, 0.6) is 0 Å². The van der Waals surface area contributed by atoms with E-state index in [-0.39, 0.29) is 11.9 Å². The third-order valence-corrected chi connectivity index (χ3v) is 7.11. The molecule has 0 spiro atoms. The minimum Gasteiger partial charge on any atom is -0.462 e. The van der Waals surface area contributed by atoms with E-state index in [0.717, 1.165) is 36.9 Å². The number of esters is 2. The molecule has 0 bridgehead atoms. The number of rotatable bonds is 7. The van der Waals surface area contributed by atoms with Crippen LogP contribution in [0.3, 0.4) is 0 Å². The van der Waals surface area contributed by atoms with Gasteiger partial charge in [0.15, 0.2) is 4.80 Å². The van der Waals surface area contributed by atoms with Gasteiger partial charge in [0.2, 0.25) is 0 Å². The maximum atomic E-state index is 12.7. The number of carbonyl (C=O) groups excluding carboxylic acids is 2. The molecule has 156 valence electrons. The minimum atomic E-state index is -0.356. The van der Waals surface area contributed by atoms with Crippen molar-refractivity contribution in [2.75, 3.05) is 13.2 Å². The molecule has 1 aliphatic rings. The van der Waals surface area contributed by atoms with Crippen molar-refractivity contribution in [2.45, 2.75) is 53.0 Å². The fraction of sp³-hybridized carbons (Fsp3) is 0.476. The zero-order chi connectivity index (χ0) is 21.0. The van der Waals surface area contributed by atoms with Gasteiger partial charge < -0.3 is 14.0 Å². The molecule has 1 aliphatic carbocycles. The molecule has 0 unspecified atom stereocenters. The molecule has 6 nitrogen and oxygen atoms in total. The van der Waals surface area contributed by atoms with Crippen LogP contribution in [0.4, 0.5) is 5.00 Å². The second-order valence-corrected chi connectivity index (χ2v) is 8.70. The number of nitrogens with zero attached hydrogens (tertiary/aromatic N) is 2. The van der Waals surface area contributed by atoms with Crippen LogP contribution in [0.15, 0.2) is 17.6 Å². The maximum absolute atomic E-state index is 12.7. The van der Waals surface area contributed by atoms with Gasteiger partial charge in [0.05, 0.1) is 18.8 Å². The Morgan fingerprint density at radius 1 is 1.14 bits per heavy atom. The SMILES string of the molecule is C=CCn1c(C)c(C(=O)OCC)sc1=Nc1sc2c(c1C(=O)OCC)CCCC2. The van der Waals surface area contributed by atoms with Gasteiger partial charge in [-0.1, -0.05) is 17.4 Å². The molecule has 0 atom stereocenters. The van der Waals surface area contributed by atoms with Gasteiger partial charge in [-0.2, -0.15) is 0 Å². The summed E-state index contributed by atoms with van der Waals surface area (Å²) in [4.78, 5) is 32.3. The number of allylic oxidation sites excluding steroid dienone is 1. The number of thiazole rings is 1. The number of aromatic nitrogens is 1. The highest BCUT2D eigenvalue weighted by molar-refractivity contribution is 7.16. The second-order valence-electron chi connectivity index (χ2n) is 6.64. The molecule has 0 N–H and O–H groups in total. The quantitative estimate of drug-likeness (QED) is 0.473. The molecular weight excluding hydrogens is 408 g/mol. The van der Waals surface area contributed by atoms with Crippen molar-refractivity contribution >= 4 is 39.6 Å². The van der Waals surface area contributed by atoms with Gasteiger partial charge in [-0.3, -0.25) is 0 Å². The van der Waals surface area contributed by atoms with Crippen molar-refractivity contribution in [1.82, 2.24) is 4.57 Å². The highest BCUT2D eigenvalue weighted by Crippen LogP contribution is 2.40. The molecule has 29 heavy (non-hydrogen) atoms. The lowest BCUT2D eigenvalue weighted by atomic mass is 9.95. The van der Waals surface area contributed by atoms with E-state index >= 15 is 0 Å². The van der Waals surface area contributed by atoms with E-state index in [2.05, 4.69) is 6.58 Å². The van der Waals surface area contributed by atoms with E-state index in [4.69, 9.17) is 14.5 Å². The molecule has 2 aromatic heterocycles. The van der Waals surface area contributed by atoms with Gasteiger partial charge in [-0.15, -0.1) is 17.9 Å². The largest absolute Gasteiger partial charge is 0.462 e. The van der Waals surface area contributed by atoms with Crippen LogP contribution in [0.25, 0.3) is 0 Å². The van der Waals surface area contributed by atoms with E-state index in [1.54, 1.807) is 31.3 Å². The Labute approximate surface area is 178 Å². The first-order valence-electron chi connectivity index (χ1n) is 9.86. The zero-order valence-corrected chi connectivity index (χ0v) is 18.7. The van der Waals surface area contributed by atoms with Crippen LogP contribution < -0.4 is 4.80 Å². The van der Waals surface area contributed by atoms with Crippen LogP contribution in [-0.2, 0) is 28.9 Å². The van der Waals surface area contributed by atoms with Crippen LogP contribution >= 0.6 is 22.7 Å². The van der Waals surface area contributed by atoms with Gasteiger partial charge in [0, 0.05) is 17.1 Å². The predicted molar refractivity (Wildman–Crippen MR) is 115 cm³/mol. The van der Waals surface area contributed by atoms with Crippen LogP contribution in [0.2, 0.25) is 0 Å². The topological polar surface area (TPSA) is 69.9 Å². The van der Waals surface area contributed by atoms with Gasteiger partial charge in [0.25, 0.3) is 0 Å². The summed E-state index contributed by atoms with van der Waals surface area (Å²) in [5.74, 6) is -0.676. The van der Waals surface area contributed by atoms with Crippen LogP contribution in [0, 0.1) is 6.92 Å². The normalized spacial score (nSPS) is 13.8. The first-order valence-corrected chi connectivity index (χ1v) is 11.5. The van der Waals surface area contributed by atoms with Gasteiger partial charge in [-0.25, -0.2) is 14.6 Å². The number of ether oxygens (including phenoxy) is 2. The van der Waals surface area contributed by atoms with E-state index in [9.17, 15) is 9.59 Å². The summed E-state index contributed by atoms with van der Waals surface area (Å²) in [7, 11) is 0. The average molecular weight is 435 g/mol. The molecule has 2 heterocycles. The average Bonchev–Trinajstić information content (AvgIpc) is 3.21. The highest BCUT2D eigenvalue weighted by Gasteiger charge is 2.27. The van der Waals surface area contributed by atoms with E-state index in [1.807, 2.05) is 11.5 Å². The molecule has 0 aliphatic heterocycles. The molecule has 0 saturated heterocycles. The van der Waals surface area contributed by atoms with E-state index in [0.29, 0.717) is 40.0 Å². The highest BCUT2D eigenvalue weighted by atomic mass is 32.1. The lowest BCUT2D eigenvalue weighted by Gasteiger charge is -2.11. The van der Waals surface area contributed by atoms with E-state index < -0.39 is 0 Å². The molecule has 0 aromatic carbocycles. The van der Waals surface area contributed by atoms with Crippen molar-refractivity contribution in [2.24, 2.45) is 4.99 Å². The Hall–Kier alpha value is -2.19. The molecule has 2 aromatic rings. The number of hydrogen-bond donors (Lipinski definition) is 0. The summed E-state index contributed by atoms with van der Waals surface area (Å²) >= 11 is 2.83. The number of carbonyl (C=O) groups is 2. The fourth-order valence-corrected chi connectivity index (χ4v) is 5.78.